The maximum atomic E-state index is 8.99. The summed E-state index contributed by atoms with van der Waals surface area (Å²) < 4.78 is 10.9. The van der Waals surface area contributed by atoms with E-state index in [9.17, 15) is 0 Å². The van der Waals surface area contributed by atoms with Gasteiger partial charge in [-0.3, -0.25) is 0 Å². The fourth-order valence-electron chi connectivity index (χ4n) is 1.53. The molecule has 1 aromatic heterocycles. The highest BCUT2D eigenvalue weighted by Gasteiger charge is 2.37. The normalized spacial score (nSPS) is 18.3. The number of nitrogens with zero attached hydrogens (tertiary/aromatic N) is 2. The van der Waals surface area contributed by atoms with Crippen LogP contribution in [0.15, 0.2) is 5.38 Å². The molecule has 0 unspecified atom stereocenters. The Hall–Kier alpha value is -1.40. The van der Waals surface area contributed by atoms with Gasteiger partial charge in [-0.1, -0.05) is 0 Å². The molecule has 0 N–H and O–H groups in total. The average molecular weight is 220 g/mol. The van der Waals surface area contributed by atoms with Crippen LogP contribution < -0.4 is 0 Å². The largest absolute Gasteiger partial charge is 0.343 e. The molecule has 0 radical (unpaired) electrons. The van der Waals surface area contributed by atoms with Crippen molar-refractivity contribution in [2.24, 2.45) is 0 Å². The number of hydrogen-bond donors (Lipinski definition) is 0. The van der Waals surface area contributed by atoms with Crippen molar-refractivity contribution in [2.45, 2.75) is 12.7 Å². The van der Waals surface area contributed by atoms with Gasteiger partial charge in [0, 0.05) is 5.38 Å². The third-order valence-electron chi connectivity index (χ3n) is 2.27. The van der Waals surface area contributed by atoms with Crippen molar-refractivity contribution in [3.8, 4) is 12.1 Å². The SMILES string of the molecule is CC1(c2scc(C#N)c2C#N)OCCO1. The summed E-state index contributed by atoms with van der Waals surface area (Å²) >= 11 is 1.33. The van der Waals surface area contributed by atoms with Crippen molar-refractivity contribution in [2.75, 3.05) is 13.2 Å². The van der Waals surface area contributed by atoms with Crippen molar-refractivity contribution < 1.29 is 9.47 Å². The molecule has 1 aromatic rings. The van der Waals surface area contributed by atoms with Crippen molar-refractivity contribution in [1.82, 2.24) is 0 Å². The summed E-state index contributed by atoms with van der Waals surface area (Å²) in [4.78, 5) is 0.680. The van der Waals surface area contributed by atoms with Crippen LogP contribution in [0.1, 0.15) is 22.9 Å². The Balaban J connectivity index is 2.50. The molecule has 0 atom stereocenters. The second-order valence-electron chi connectivity index (χ2n) is 3.22. The number of ether oxygens (including phenoxy) is 2. The molecule has 0 amide bonds. The summed E-state index contributed by atoms with van der Waals surface area (Å²) in [6, 6.07) is 4.01. The molecule has 5 heteroatoms. The van der Waals surface area contributed by atoms with E-state index in [1.165, 1.54) is 11.3 Å². The summed E-state index contributed by atoms with van der Waals surface area (Å²) in [6.07, 6.45) is 0. The molecule has 76 valence electrons. The van der Waals surface area contributed by atoms with Crippen molar-refractivity contribution in [1.29, 1.82) is 10.5 Å². The van der Waals surface area contributed by atoms with Crippen LogP contribution in [-0.4, -0.2) is 13.2 Å². The Kier molecular flexibility index (Phi) is 2.45. The van der Waals surface area contributed by atoms with Crippen LogP contribution in [-0.2, 0) is 15.3 Å². The van der Waals surface area contributed by atoms with Crippen LogP contribution in [0.25, 0.3) is 0 Å². The minimum absolute atomic E-state index is 0.368. The molecule has 2 rings (SSSR count). The Labute approximate surface area is 91.3 Å². The fraction of sp³-hybridized carbons (Fsp3) is 0.400. The van der Waals surface area contributed by atoms with E-state index in [1.54, 1.807) is 12.3 Å². The predicted octanol–water partition coefficient (Wildman–Crippen LogP) is 1.71. The highest BCUT2D eigenvalue weighted by atomic mass is 32.1. The van der Waals surface area contributed by atoms with Crippen LogP contribution in [0.3, 0.4) is 0 Å². The van der Waals surface area contributed by atoms with E-state index in [0.29, 0.717) is 29.2 Å². The predicted molar refractivity (Wildman–Crippen MR) is 53.0 cm³/mol. The van der Waals surface area contributed by atoms with E-state index in [4.69, 9.17) is 20.0 Å². The Bertz CT molecular complexity index is 461. The maximum absolute atomic E-state index is 8.99. The standard InChI is InChI=1S/C10H8N2O2S/c1-10(13-2-3-14-10)9-8(5-12)7(4-11)6-15-9/h6H,2-3H2,1H3. The van der Waals surface area contributed by atoms with Gasteiger partial charge in [-0.05, 0) is 6.92 Å². The third kappa shape index (κ3) is 1.51. The Morgan fingerprint density at radius 3 is 2.53 bits per heavy atom. The molecular weight excluding hydrogens is 212 g/mol. The smallest absolute Gasteiger partial charge is 0.202 e. The van der Waals surface area contributed by atoms with Crippen molar-refractivity contribution in [3.63, 3.8) is 0 Å². The molecule has 1 fully saturated rings. The first-order valence-electron chi connectivity index (χ1n) is 4.41. The van der Waals surface area contributed by atoms with Crippen LogP contribution in [0.4, 0.5) is 0 Å². The topological polar surface area (TPSA) is 66.0 Å². The molecule has 1 aliphatic heterocycles. The van der Waals surface area contributed by atoms with Gasteiger partial charge >= 0.3 is 0 Å². The molecule has 15 heavy (non-hydrogen) atoms. The molecule has 0 spiro atoms. The zero-order valence-corrected chi connectivity index (χ0v) is 8.93. The lowest BCUT2D eigenvalue weighted by atomic mass is 10.1. The summed E-state index contributed by atoms with van der Waals surface area (Å²) in [5.74, 6) is -0.856. The van der Waals surface area contributed by atoms with E-state index in [-0.39, 0.29) is 0 Å². The van der Waals surface area contributed by atoms with Gasteiger partial charge in [-0.2, -0.15) is 10.5 Å². The van der Waals surface area contributed by atoms with E-state index in [2.05, 4.69) is 0 Å². The minimum Gasteiger partial charge on any atom is -0.343 e. The molecule has 0 bridgehead atoms. The summed E-state index contributed by atoms with van der Waals surface area (Å²) in [5.41, 5.74) is 0.754. The van der Waals surface area contributed by atoms with Gasteiger partial charge in [0.15, 0.2) is 0 Å². The highest BCUT2D eigenvalue weighted by molar-refractivity contribution is 7.10. The summed E-state index contributed by atoms with van der Waals surface area (Å²) in [7, 11) is 0. The van der Waals surface area contributed by atoms with E-state index < -0.39 is 5.79 Å². The van der Waals surface area contributed by atoms with Gasteiger partial charge in [-0.15, -0.1) is 11.3 Å². The van der Waals surface area contributed by atoms with Crippen LogP contribution in [0, 0.1) is 22.7 Å². The maximum Gasteiger partial charge on any atom is 0.202 e. The van der Waals surface area contributed by atoms with E-state index >= 15 is 0 Å². The van der Waals surface area contributed by atoms with Gasteiger partial charge in [0.25, 0.3) is 0 Å². The quantitative estimate of drug-likeness (QED) is 0.722. The number of rotatable bonds is 1. The van der Waals surface area contributed by atoms with Gasteiger partial charge < -0.3 is 9.47 Å². The second-order valence-corrected chi connectivity index (χ2v) is 4.10. The fourth-order valence-corrected chi connectivity index (χ4v) is 2.54. The first-order valence-corrected chi connectivity index (χ1v) is 5.29. The molecule has 2 heterocycles. The molecule has 1 saturated heterocycles. The molecule has 4 nitrogen and oxygen atoms in total. The number of thiophene rings is 1. The van der Waals surface area contributed by atoms with E-state index in [0.717, 1.165) is 0 Å². The summed E-state index contributed by atoms with van der Waals surface area (Å²) in [6.45, 7) is 2.80. The molecule has 1 aliphatic rings. The molecule has 0 aromatic carbocycles. The molecule has 0 aliphatic carbocycles. The Morgan fingerprint density at radius 2 is 2.00 bits per heavy atom. The highest BCUT2D eigenvalue weighted by Crippen LogP contribution is 2.37. The average Bonchev–Trinajstić information content (AvgIpc) is 2.83. The van der Waals surface area contributed by atoms with Gasteiger partial charge in [0.2, 0.25) is 5.79 Å². The Morgan fingerprint density at radius 1 is 1.33 bits per heavy atom. The first-order chi connectivity index (χ1) is 7.21. The van der Waals surface area contributed by atoms with Crippen molar-refractivity contribution >= 4 is 11.3 Å². The van der Waals surface area contributed by atoms with E-state index in [1.807, 2.05) is 12.1 Å². The van der Waals surface area contributed by atoms with Crippen LogP contribution in [0.2, 0.25) is 0 Å². The molecule has 0 saturated carbocycles. The number of hydrogen-bond acceptors (Lipinski definition) is 5. The number of nitriles is 2. The van der Waals surface area contributed by atoms with Crippen LogP contribution in [0.5, 0.6) is 0 Å². The van der Waals surface area contributed by atoms with Crippen LogP contribution >= 0.6 is 11.3 Å². The zero-order chi connectivity index (χ0) is 10.9. The lowest BCUT2D eigenvalue weighted by Gasteiger charge is -2.20. The lowest BCUT2D eigenvalue weighted by Crippen LogP contribution is -2.22. The van der Waals surface area contributed by atoms with Gasteiger partial charge in [0.05, 0.1) is 29.2 Å². The second kappa shape index (κ2) is 3.63. The first kappa shape index (κ1) is 10.1. The van der Waals surface area contributed by atoms with Crippen molar-refractivity contribution in [3.05, 3.63) is 21.4 Å². The van der Waals surface area contributed by atoms with Gasteiger partial charge in [0.1, 0.15) is 12.1 Å². The minimum atomic E-state index is -0.856. The molecular formula is C10H8N2O2S. The lowest BCUT2D eigenvalue weighted by molar-refractivity contribution is -0.147. The monoisotopic (exact) mass is 220 g/mol. The third-order valence-corrected chi connectivity index (χ3v) is 3.44. The summed E-state index contributed by atoms with van der Waals surface area (Å²) in [5, 5.41) is 19.5. The van der Waals surface area contributed by atoms with Gasteiger partial charge in [-0.25, -0.2) is 0 Å². The zero-order valence-electron chi connectivity index (χ0n) is 8.11.